The van der Waals surface area contributed by atoms with E-state index >= 15 is 0 Å². The molecule has 1 fully saturated rings. The van der Waals surface area contributed by atoms with E-state index in [2.05, 4.69) is 5.32 Å². The highest BCUT2D eigenvalue weighted by molar-refractivity contribution is 7.89. The fraction of sp³-hybridized carbons (Fsp3) is 0.278. The van der Waals surface area contributed by atoms with Gasteiger partial charge in [-0.25, -0.2) is 12.8 Å². The predicted octanol–water partition coefficient (Wildman–Crippen LogP) is 3.58. The zero-order valence-electron chi connectivity index (χ0n) is 14.1. The molecule has 2 aromatic carbocycles. The summed E-state index contributed by atoms with van der Waals surface area (Å²) in [6.07, 6.45) is 0.986. The highest BCUT2D eigenvalue weighted by Gasteiger charge is 2.39. The lowest BCUT2D eigenvalue weighted by molar-refractivity contribution is -0.119. The van der Waals surface area contributed by atoms with Gasteiger partial charge in [0, 0.05) is 17.3 Å². The first-order chi connectivity index (χ1) is 12.3. The number of nitrogens with one attached hydrogen (secondary N) is 1. The summed E-state index contributed by atoms with van der Waals surface area (Å²) in [6, 6.07) is 9.08. The first kappa shape index (κ1) is 18.8. The van der Waals surface area contributed by atoms with Crippen LogP contribution in [-0.4, -0.2) is 31.2 Å². The minimum Gasteiger partial charge on any atom is -0.324 e. The van der Waals surface area contributed by atoms with Gasteiger partial charge in [-0.1, -0.05) is 17.7 Å². The average molecular weight is 397 g/mol. The Labute approximate surface area is 156 Å². The molecular weight excluding hydrogens is 379 g/mol. The van der Waals surface area contributed by atoms with Crippen molar-refractivity contribution >= 4 is 33.2 Å². The number of benzene rings is 2. The van der Waals surface area contributed by atoms with E-state index in [1.165, 1.54) is 40.7 Å². The third-order valence-electron chi connectivity index (χ3n) is 4.38. The molecule has 8 heteroatoms. The summed E-state index contributed by atoms with van der Waals surface area (Å²) in [6.45, 7) is 2.00. The van der Waals surface area contributed by atoms with E-state index in [9.17, 15) is 17.6 Å². The Hall–Kier alpha value is -1.96. The van der Waals surface area contributed by atoms with Crippen molar-refractivity contribution < 1.29 is 17.6 Å². The van der Waals surface area contributed by atoms with E-state index in [-0.39, 0.29) is 11.4 Å². The SMILES string of the molecule is Cc1ccc(F)cc1NC(=O)[C@H]1CCCN1S(=O)(=O)c1ccc(Cl)cc1. The quantitative estimate of drug-likeness (QED) is 0.858. The van der Waals surface area contributed by atoms with E-state index in [1.807, 2.05) is 0 Å². The normalized spacial score (nSPS) is 18.0. The van der Waals surface area contributed by atoms with Crippen LogP contribution >= 0.6 is 11.6 Å². The van der Waals surface area contributed by atoms with Crippen molar-refractivity contribution in [1.29, 1.82) is 0 Å². The fourth-order valence-electron chi connectivity index (χ4n) is 2.98. The maximum absolute atomic E-state index is 13.4. The van der Waals surface area contributed by atoms with Crippen LogP contribution in [0.3, 0.4) is 0 Å². The van der Waals surface area contributed by atoms with Gasteiger partial charge in [0.05, 0.1) is 4.90 Å². The van der Waals surface area contributed by atoms with E-state index < -0.39 is 27.8 Å². The minimum absolute atomic E-state index is 0.0866. The Kier molecular flexibility index (Phi) is 5.32. The lowest BCUT2D eigenvalue weighted by Gasteiger charge is -2.23. The number of hydrogen-bond donors (Lipinski definition) is 1. The maximum atomic E-state index is 13.4. The summed E-state index contributed by atoms with van der Waals surface area (Å²) in [5, 5.41) is 3.08. The number of aryl methyl sites for hydroxylation is 1. The minimum atomic E-state index is -3.82. The lowest BCUT2D eigenvalue weighted by Crippen LogP contribution is -2.43. The first-order valence-electron chi connectivity index (χ1n) is 8.13. The molecule has 0 saturated carbocycles. The number of carbonyl (C=O) groups is 1. The lowest BCUT2D eigenvalue weighted by atomic mass is 10.1. The maximum Gasteiger partial charge on any atom is 0.243 e. The van der Waals surface area contributed by atoms with Gasteiger partial charge in [-0.15, -0.1) is 0 Å². The summed E-state index contributed by atoms with van der Waals surface area (Å²) in [5.41, 5.74) is 1.04. The molecule has 2 aromatic rings. The predicted molar refractivity (Wildman–Crippen MR) is 98.1 cm³/mol. The topological polar surface area (TPSA) is 66.5 Å². The van der Waals surface area contributed by atoms with E-state index in [0.717, 1.165) is 0 Å². The molecule has 138 valence electrons. The Morgan fingerprint density at radius 2 is 1.92 bits per heavy atom. The van der Waals surface area contributed by atoms with Gasteiger partial charge in [-0.05, 0) is 61.7 Å². The summed E-state index contributed by atoms with van der Waals surface area (Å²) in [7, 11) is -3.82. The van der Waals surface area contributed by atoms with Crippen molar-refractivity contribution in [3.8, 4) is 0 Å². The summed E-state index contributed by atoms with van der Waals surface area (Å²) < 4.78 is 40.4. The molecule has 3 rings (SSSR count). The molecule has 1 atom stereocenters. The largest absolute Gasteiger partial charge is 0.324 e. The van der Waals surface area contributed by atoms with Crippen LogP contribution in [0.2, 0.25) is 5.02 Å². The first-order valence-corrected chi connectivity index (χ1v) is 9.95. The Bertz CT molecular complexity index is 932. The molecular formula is C18H18ClFN2O3S. The molecule has 0 bridgehead atoms. The monoisotopic (exact) mass is 396 g/mol. The number of rotatable bonds is 4. The highest BCUT2D eigenvalue weighted by Crippen LogP contribution is 2.28. The van der Waals surface area contributed by atoms with Crippen molar-refractivity contribution in [3.63, 3.8) is 0 Å². The molecule has 1 aliphatic rings. The number of sulfonamides is 1. The van der Waals surface area contributed by atoms with Crippen LogP contribution in [0.1, 0.15) is 18.4 Å². The van der Waals surface area contributed by atoms with Crippen LogP contribution in [0.25, 0.3) is 0 Å². The molecule has 0 aliphatic carbocycles. The number of amides is 1. The van der Waals surface area contributed by atoms with Crippen LogP contribution in [0.5, 0.6) is 0 Å². The average Bonchev–Trinajstić information content (AvgIpc) is 3.09. The van der Waals surface area contributed by atoms with Crippen molar-refractivity contribution in [2.45, 2.75) is 30.7 Å². The van der Waals surface area contributed by atoms with E-state index in [0.29, 0.717) is 29.1 Å². The van der Waals surface area contributed by atoms with Crippen LogP contribution in [0, 0.1) is 12.7 Å². The van der Waals surface area contributed by atoms with E-state index in [1.54, 1.807) is 13.0 Å². The van der Waals surface area contributed by atoms with Crippen molar-refractivity contribution in [3.05, 3.63) is 58.9 Å². The van der Waals surface area contributed by atoms with Crippen LogP contribution in [-0.2, 0) is 14.8 Å². The fourth-order valence-corrected chi connectivity index (χ4v) is 4.76. The molecule has 0 radical (unpaired) electrons. The third kappa shape index (κ3) is 3.75. The van der Waals surface area contributed by atoms with Gasteiger partial charge in [0.15, 0.2) is 0 Å². The summed E-state index contributed by atoms with van der Waals surface area (Å²) in [5.74, 6) is -0.934. The number of carbonyl (C=O) groups excluding carboxylic acids is 1. The molecule has 0 aromatic heterocycles. The molecule has 0 spiro atoms. The van der Waals surface area contributed by atoms with Crippen LogP contribution in [0.15, 0.2) is 47.4 Å². The van der Waals surface area contributed by atoms with Gasteiger partial charge >= 0.3 is 0 Å². The summed E-state index contributed by atoms with van der Waals surface area (Å²) >= 11 is 5.82. The molecule has 0 unspecified atom stereocenters. The molecule has 26 heavy (non-hydrogen) atoms. The zero-order valence-corrected chi connectivity index (χ0v) is 15.6. The van der Waals surface area contributed by atoms with Crippen molar-refractivity contribution in [2.24, 2.45) is 0 Å². The second kappa shape index (κ2) is 7.34. The summed E-state index contributed by atoms with van der Waals surface area (Å²) in [4.78, 5) is 12.7. The van der Waals surface area contributed by atoms with Gasteiger partial charge in [-0.3, -0.25) is 4.79 Å². The van der Waals surface area contributed by atoms with Gasteiger partial charge in [0.25, 0.3) is 0 Å². The molecule has 1 N–H and O–H groups in total. The molecule has 1 aliphatic heterocycles. The Morgan fingerprint density at radius 3 is 2.62 bits per heavy atom. The van der Waals surface area contributed by atoms with Crippen molar-refractivity contribution in [2.75, 3.05) is 11.9 Å². The van der Waals surface area contributed by atoms with E-state index in [4.69, 9.17) is 11.6 Å². The number of halogens is 2. The number of hydrogen-bond acceptors (Lipinski definition) is 3. The van der Waals surface area contributed by atoms with Crippen LogP contribution in [0.4, 0.5) is 10.1 Å². The number of nitrogens with zero attached hydrogens (tertiary/aromatic N) is 1. The smallest absolute Gasteiger partial charge is 0.243 e. The third-order valence-corrected chi connectivity index (χ3v) is 6.56. The second-order valence-electron chi connectivity index (χ2n) is 6.18. The van der Waals surface area contributed by atoms with Gasteiger partial charge in [-0.2, -0.15) is 4.31 Å². The zero-order chi connectivity index (χ0) is 18.9. The highest BCUT2D eigenvalue weighted by atomic mass is 35.5. The Morgan fingerprint density at radius 1 is 1.23 bits per heavy atom. The molecule has 1 heterocycles. The Balaban J connectivity index is 1.84. The van der Waals surface area contributed by atoms with Gasteiger partial charge in [0.1, 0.15) is 11.9 Å². The second-order valence-corrected chi connectivity index (χ2v) is 8.50. The van der Waals surface area contributed by atoms with Gasteiger partial charge in [0.2, 0.25) is 15.9 Å². The number of anilines is 1. The van der Waals surface area contributed by atoms with Gasteiger partial charge < -0.3 is 5.32 Å². The molecule has 1 saturated heterocycles. The molecule has 1 amide bonds. The van der Waals surface area contributed by atoms with Crippen LogP contribution < -0.4 is 5.32 Å². The standard InChI is InChI=1S/C18H18ClFN2O3S/c1-12-4-7-14(20)11-16(12)21-18(23)17-3-2-10-22(17)26(24,25)15-8-5-13(19)6-9-15/h4-9,11,17H,2-3,10H2,1H3,(H,21,23)/t17-/m1/s1. The van der Waals surface area contributed by atoms with Crippen molar-refractivity contribution in [1.82, 2.24) is 4.31 Å². The molecule has 5 nitrogen and oxygen atoms in total.